The molecule has 0 radical (unpaired) electrons. The molecular formula is C21H27NO3. The van der Waals surface area contributed by atoms with Crippen LogP contribution in [-0.2, 0) is 0 Å². The molecule has 0 aliphatic heterocycles. The highest BCUT2D eigenvalue weighted by Gasteiger charge is 2.14. The molecule has 0 unspecified atom stereocenters. The summed E-state index contributed by atoms with van der Waals surface area (Å²) in [7, 11) is 0. The zero-order chi connectivity index (χ0) is 18.2. The van der Waals surface area contributed by atoms with Crippen molar-refractivity contribution in [3.63, 3.8) is 0 Å². The summed E-state index contributed by atoms with van der Waals surface area (Å²) in [6.45, 7) is 9.20. The Bertz CT molecular complexity index is 712. The molecule has 0 saturated carbocycles. The van der Waals surface area contributed by atoms with Crippen molar-refractivity contribution in [1.82, 2.24) is 0 Å². The molecule has 0 aromatic heterocycles. The third kappa shape index (κ3) is 4.75. The Balaban J connectivity index is 2.25. The molecule has 0 aliphatic rings. The Kier molecular flexibility index (Phi) is 6.87. The van der Waals surface area contributed by atoms with E-state index < -0.39 is 0 Å². The third-order valence-electron chi connectivity index (χ3n) is 4.16. The van der Waals surface area contributed by atoms with Gasteiger partial charge in [-0.3, -0.25) is 4.79 Å². The van der Waals surface area contributed by atoms with Crippen molar-refractivity contribution in [2.75, 3.05) is 18.5 Å². The summed E-state index contributed by atoms with van der Waals surface area (Å²) in [6.07, 6.45) is 1.02. The van der Waals surface area contributed by atoms with E-state index in [0.717, 1.165) is 17.7 Å². The molecule has 134 valence electrons. The van der Waals surface area contributed by atoms with E-state index in [-0.39, 0.29) is 5.91 Å². The first-order valence-corrected chi connectivity index (χ1v) is 8.90. The van der Waals surface area contributed by atoms with Gasteiger partial charge in [-0.05, 0) is 56.0 Å². The van der Waals surface area contributed by atoms with E-state index in [1.807, 2.05) is 32.0 Å². The van der Waals surface area contributed by atoms with E-state index >= 15 is 0 Å². The van der Waals surface area contributed by atoms with Crippen LogP contribution in [0.5, 0.6) is 11.5 Å². The summed E-state index contributed by atoms with van der Waals surface area (Å²) in [6, 6.07) is 13.2. The highest BCUT2D eigenvalue weighted by Crippen LogP contribution is 2.30. The third-order valence-corrected chi connectivity index (χ3v) is 4.16. The number of para-hydroxylation sites is 1. The molecule has 4 nitrogen and oxygen atoms in total. The van der Waals surface area contributed by atoms with Crippen molar-refractivity contribution in [2.24, 2.45) is 0 Å². The smallest absolute Gasteiger partial charge is 0.255 e. The number of benzene rings is 2. The van der Waals surface area contributed by atoms with Crippen molar-refractivity contribution in [3.05, 3.63) is 53.6 Å². The molecule has 2 aromatic carbocycles. The fourth-order valence-electron chi connectivity index (χ4n) is 2.65. The van der Waals surface area contributed by atoms with Gasteiger partial charge >= 0.3 is 0 Å². The van der Waals surface area contributed by atoms with Crippen molar-refractivity contribution in [2.45, 2.75) is 40.0 Å². The summed E-state index contributed by atoms with van der Waals surface area (Å²) in [5, 5.41) is 3.03. The quantitative estimate of drug-likeness (QED) is 0.713. The molecule has 2 aromatic rings. The standard InChI is InChI=1S/C21H27NO3/c1-5-15(4)17-10-8-9-11-18(17)22-21(23)16-12-13-19(24-6-2)20(14-16)25-7-3/h8-15H,5-7H2,1-4H3,(H,22,23)/t15-/m0/s1. The number of hydrogen-bond donors (Lipinski definition) is 1. The van der Waals surface area contributed by atoms with E-state index in [1.165, 1.54) is 0 Å². The maximum Gasteiger partial charge on any atom is 0.255 e. The largest absolute Gasteiger partial charge is 0.490 e. The maximum absolute atomic E-state index is 12.7. The lowest BCUT2D eigenvalue weighted by atomic mass is 9.97. The molecule has 1 amide bonds. The van der Waals surface area contributed by atoms with Crippen molar-refractivity contribution < 1.29 is 14.3 Å². The Morgan fingerprint density at radius 1 is 1.00 bits per heavy atom. The second-order valence-electron chi connectivity index (χ2n) is 5.88. The Morgan fingerprint density at radius 3 is 2.36 bits per heavy atom. The summed E-state index contributed by atoms with van der Waals surface area (Å²) in [4.78, 5) is 12.7. The normalized spacial score (nSPS) is 11.7. The number of hydrogen-bond acceptors (Lipinski definition) is 3. The van der Waals surface area contributed by atoms with Gasteiger partial charge in [0.05, 0.1) is 13.2 Å². The maximum atomic E-state index is 12.7. The lowest BCUT2D eigenvalue weighted by Crippen LogP contribution is -2.14. The average molecular weight is 341 g/mol. The number of ether oxygens (including phenoxy) is 2. The molecule has 1 N–H and O–H groups in total. The van der Waals surface area contributed by atoms with Gasteiger partial charge in [0, 0.05) is 11.3 Å². The molecule has 0 fully saturated rings. The number of rotatable bonds is 8. The fourth-order valence-corrected chi connectivity index (χ4v) is 2.65. The molecule has 0 saturated heterocycles. The second-order valence-corrected chi connectivity index (χ2v) is 5.88. The average Bonchev–Trinajstić information content (AvgIpc) is 2.63. The molecule has 25 heavy (non-hydrogen) atoms. The van der Waals surface area contributed by atoms with Crippen LogP contribution in [0.1, 0.15) is 56.0 Å². The van der Waals surface area contributed by atoms with Gasteiger partial charge in [0.1, 0.15) is 0 Å². The Hall–Kier alpha value is -2.49. The second kappa shape index (κ2) is 9.11. The number of nitrogens with one attached hydrogen (secondary N) is 1. The minimum Gasteiger partial charge on any atom is -0.490 e. The SMILES string of the molecule is CCOc1ccc(C(=O)Nc2ccccc2[C@@H](C)CC)cc1OCC. The van der Waals surface area contributed by atoms with Crippen LogP contribution in [0.2, 0.25) is 0 Å². The van der Waals surface area contributed by atoms with Gasteiger partial charge in [0.15, 0.2) is 11.5 Å². The molecule has 0 aliphatic carbocycles. The molecule has 0 bridgehead atoms. The van der Waals surface area contributed by atoms with Crippen molar-refractivity contribution in [1.29, 1.82) is 0 Å². The summed E-state index contributed by atoms with van der Waals surface area (Å²) in [5.74, 6) is 1.48. The van der Waals surface area contributed by atoms with Gasteiger partial charge in [-0.25, -0.2) is 0 Å². The molecule has 0 spiro atoms. The minimum atomic E-state index is -0.153. The zero-order valence-electron chi connectivity index (χ0n) is 15.5. The van der Waals surface area contributed by atoms with E-state index in [0.29, 0.717) is 36.2 Å². The van der Waals surface area contributed by atoms with Crippen LogP contribution in [0.4, 0.5) is 5.69 Å². The summed E-state index contributed by atoms with van der Waals surface area (Å²) >= 11 is 0. The van der Waals surface area contributed by atoms with Crippen LogP contribution in [0.25, 0.3) is 0 Å². The highest BCUT2D eigenvalue weighted by molar-refractivity contribution is 6.05. The number of anilines is 1. The minimum absolute atomic E-state index is 0.153. The van der Waals surface area contributed by atoms with Gasteiger partial charge in [-0.2, -0.15) is 0 Å². The van der Waals surface area contributed by atoms with Crippen LogP contribution in [0.15, 0.2) is 42.5 Å². The first-order valence-electron chi connectivity index (χ1n) is 8.90. The molecule has 1 atom stereocenters. The van der Waals surface area contributed by atoms with Gasteiger partial charge in [0.25, 0.3) is 5.91 Å². The fraction of sp³-hybridized carbons (Fsp3) is 0.381. The van der Waals surface area contributed by atoms with Crippen LogP contribution in [0, 0.1) is 0 Å². The van der Waals surface area contributed by atoms with Crippen LogP contribution in [-0.4, -0.2) is 19.1 Å². The molecule has 0 heterocycles. The highest BCUT2D eigenvalue weighted by atomic mass is 16.5. The number of carbonyl (C=O) groups is 1. The first kappa shape index (κ1) is 18.8. The predicted molar refractivity (Wildman–Crippen MR) is 102 cm³/mol. The van der Waals surface area contributed by atoms with Crippen LogP contribution in [0.3, 0.4) is 0 Å². The van der Waals surface area contributed by atoms with E-state index in [4.69, 9.17) is 9.47 Å². The van der Waals surface area contributed by atoms with Gasteiger partial charge in [-0.1, -0.05) is 32.0 Å². The topological polar surface area (TPSA) is 47.6 Å². The van der Waals surface area contributed by atoms with Crippen molar-refractivity contribution in [3.8, 4) is 11.5 Å². The predicted octanol–water partition coefficient (Wildman–Crippen LogP) is 5.25. The van der Waals surface area contributed by atoms with E-state index in [2.05, 4.69) is 25.2 Å². The molecular weight excluding hydrogens is 314 g/mol. The monoisotopic (exact) mass is 341 g/mol. The Morgan fingerprint density at radius 2 is 1.68 bits per heavy atom. The van der Waals surface area contributed by atoms with E-state index in [1.54, 1.807) is 18.2 Å². The summed E-state index contributed by atoms with van der Waals surface area (Å²) < 4.78 is 11.2. The molecule has 4 heteroatoms. The zero-order valence-corrected chi connectivity index (χ0v) is 15.5. The Labute approximate surface area is 150 Å². The number of carbonyl (C=O) groups excluding carboxylic acids is 1. The lowest BCUT2D eigenvalue weighted by Gasteiger charge is -2.16. The van der Waals surface area contributed by atoms with Crippen LogP contribution >= 0.6 is 0 Å². The molecule has 2 rings (SSSR count). The number of amides is 1. The van der Waals surface area contributed by atoms with Crippen LogP contribution < -0.4 is 14.8 Å². The van der Waals surface area contributed by atoms with Gasteiger partial charge < -0.3 is 14.8 Å². The first-order chi connectivity index (χ1) is 12.1. The summed E-state index contributed by atoms with van der Waals surface area (Å²) in [5.41, 5.74) is 2.55. The van der Waals surface area contributed by atoms with Crippen molar-refractivity contribution >= 4 is 11.6 Å². The lowest BCUT2D eigenvalue weighted by molar-refractivity contribution is 0.102. The van der Waals surface area contributed by atoms with Gasteiger partial charge in [-0.15, -0.1) is 0 Å². The van der Waals surface area contributed by atoms with Gasteiger partial charge in [0.2, 0.25) is 0 Å². The van der Waals surface area contributed by atoms with E-state index in [9.17, 15) is 4.79 Å².